The summed E-state index contributed by atoms with van der Waals surface area (Å²) in [6, 6.07) is 6.77. The second-order valence-electron chi connectivity index (χ2n) is 6.06. The number of aliphatic hydroxyl groups is 1. The lowest BCUT2D eigenvalue weighted by Gasteiger charge is -2.04. The van der Waals surface area contributed by atoms with Crippen LogP contribution in [0.2, 0.25) is 0 Å². The molecule has 0 bridgehead atoms. The van der Waals surface area contributed by atoms with Crippen molar-refractivity contribution in [3.05, 3.63) is 54.6 Å². The molecule has 0 saturated carbocycles. The molecule has 142 valence electrons. The molecular weight excluding hydrogens is 363 g/mol. The monoisotopic (exact) mass is 380 g/mol. The van der Waals surface area contributed by atoms with E-state index in [4.69, 9.17) is 0 Å². The number of amides is 1. The number of pyridine rings is 2. The van der Waals surface area contributed by atoms with Gasteiger partial charge in [0.05, 0.1) is 30.3 Å². The number of aliphatic hydroxyl groups excluding tert-OH is 1. The van der Waals surface area contributed by atoms with Gasteiger partial charge < -0.3 is 10.4 Å². The number of nitrogens with zero attached hydrogens (tertiary/aromatic N) is 5. The lowest BCUT2D eigenvalue weighted by Crippen LogP contribution is -2.10. The summed E-state index contributed by atoms with van der Waals surface area (Å²) in [4.78, 5) is 16.3. The molecule has 4 aromatic rings. The Labute approximate surface area is 158 Å². The lowest BCUT2D eigenvalue weighted by atomic mass is 10.1. The van der Waals surface area contributed by atoms with Crippen LogP contribution < -0.4 is 5.32 Å². The van der Waals surface area contributed by atoms with E-state index in [1.165, 1.54) is 16.8 Å². The Morgan fingerprint density at radius 1 is 1.39 bits per heavy atom. The Bertz CT molecular complexity index is 1210. The Morgan fingerprint density at radius 3 is 3.04 bits per heavy atom. The van der Waals surface area contributed by atoms with Crippen LogP contribution in [0.5, 0.6) is 0 Å². The van der Waals surface area contributed by atoms with Gasteiger partial charge in [0.15, 0.2) is 17.3 Å². The van der Waals surface area contributed by atoms with Crippen LogP contribution in [-0.2, 0) is 11.3 Å². The second-order valence-corrected chi connectivity index (χ2v) is 6.06. The van der Waals surface area contributed by atoms with Gasteiger partial charge in [-0.05, 0) is 31.2 Å². The van der Waals surface area contributed by atoms with Crippen molar-refractivity contribution in [3.63, 3.8) is 0 Å². The van der Waals surface area contributed by atoms with Crippen LogP contribution >= 0.6 is 0 Å². The van der Waals surface area contributed by atoms with Gasteiger partial charge >= 0.3 is 0 Å². The average molecular weight is 380 g/mol. The molecular formula is C19H17FN6O2. The largest absolute Gasteiger partial charge is 0.394 e. The molecule has 0 fully saturated rings. The summed E-state index contributed by atoms with van der Waals surface area (Å²) in [6.07, 6.45) is 6.24. The van der Waals surface area contributed by atoms with Crippen molar-refractivity contribution in [3.8, 4) is 11.3 Å². The first-order valence-corrected chi connectivity index (χ1v) is 8.66. The fourth-order valence-electron chi connectivity index (χ4n) is 3.03. The molecule has 2 N–H and O–H groups in total. The zero-order valence-corrected chi connectivity index (χ0v) is 15.0. The molecule has 0 spiro atoms. The van der Waals surface area contributed by atoms with Gasteiger partial charge in [-0.3, -0.25) is 4.79 Å². The smallest absolute Gasteiger partial charge is 0.249 e. The highest BCUT2D eigenvalue weighted by atomic mass is 19.1. The predicted molar refractivity (Wildman–Crippen MR) is 102 cm³/mol. The molecule has 8 nitrogen and oxygen atoms in total. The molecule has 4 aromatic heterocycles. The number of carbonyl (C=O) groups is 1. The van der Waals surface area contributed by atoms with Crippen molar-refractivity contribution in [2.75, 3.05) is 11.9 Å². The minimum absolute atomic E-state index is 0.124. The molecule has 0 atom stereocenters. The highest BCUT2D eigenvalue weighted by Crippen LogP contribution is 2.30. The normalized spacial score (nSPS) is 11.7. The molecule has 28 heavy (non-hydrogen) atoms. The SMILES string of the molecule is CC=CC(=O)Nc1nn(CCO)c2nc(-c3cnn4ccccc34)c(F)cc12. The van der Waals surface area contributed by atoms with Crippen molar-refractivity contribution in [1.82, 2.24) is 24.4 Å². The summed E-state index contributed by atoms with van der Waals surface area (Å²) in [5.41, 5.74) is 1.73. The molecule has 0 radical (unpaired) electrons. The number of hydrogen-bond donors (Lipinski definition) is 2. The van der Waals surface area contributed by atoms with Crippen molar-refractivity contribution in [2.45, 2.75) is 13.5 Å². The van der Waals surface area contributed by atoms with Gasteiger partial charge in [-0.15, -0.1) is 0 Å². The maximum Gasteiger partial charge on any atom is 0.249 e. The Kier molecular flexibility index (Phi) is 4.58. The minimum atomic E-state index is -0.559. The molecule has 0 aliphatic rings. The predicted octanol–water partition coefficient (Wildman–Crippen LogP) is 2.39. The molecule has 1 amide bonds. The van der Waals surface area contributed by atoms with Crippen molar-refractivity contribution in [2.24, 2.45) is 0 Å². The minimum Gasteiger partial charge on any atom is -0.394 e. The lowest BCUT2D eigenvalue weighted by molar-refractivity contribution is -0.111. The van der Waals surface area contributed by atoms with Gasteiger partial charge in [-0.1, -0.05) is 12.1 Å². The van der Waals surface area contributed by atoms with Gasteiger partial charge in [0.25, 0.3) is 0 Å². The first kappa shape index (κ1) is 17.8. The van der Waals surface area contributed by atoms with Gasteiger partial charge in [0.2, 0.25) is 5.91 Å². The van der Waals surface area contributed by atoms with E-state index < -0.39 is 5.82 Å². The van der Waals surface area contributed by atoms with E-state index in [1.807, 2.05) is 18.2 Å². The number of halogens is 1. The first-order chi connectivity index (χ1) is 13.6. The van der Waals surface area contributed by atoms with Crippen LogP contribution in [0.1, 0.15) is 6.92 Å². The standard InChI is InChI=1S/C19H17FN6O2/c1-2-5-16(28)22-18-12-10-14(20)17(23-19(12)26(24-18)8-9-27)13-11-21-25-7-4-3-6-15(13)25/h2-7,10-11,27H,8-9H2,1H3,(H,22,24,28). The van der Waals surface area contributed by atoms with Crippen molar-refractivity contribution >= 4 is 28.3 Å². The van der Waals surface area contributed by atoms with Crippen molar-refractivity contribution < 1.29 is 14.3 Å². The number of anilines is 1. The maximum atomic E-state index is 15.0. The Morgan fingerprint density at radius 2 is 2.25 bits per heavy atom. The number of hydrogen-bond acceptors (Lipinski definition) is 5. The van der Waals surface area contributed by atoms with Crippen LogP contribution in [0.3, 0.4) is 0 Å². The van der Waals surface area contributed by atoms with Gasteiger partial charge in [0, 0.05) is 11.8 Å². The van der Waals surface area contributed by atoms with E-state index in [-0.39, 0.29) is 30.6 Å². The second kappa shape index (κ2) is 7.20. The molecule has 4 rings (SSSR count). The Hall–Kier alpha value is -3.59. The number of rotatable bonds is 5. The van der Waals surface area contributed by atoms with Crippen LogP contribution in [0, 0.1) is 5.82 Å². The van der Waals surface area contributed by atoms with E-state index in [0.29, 0.717) is 22.1 Å². The van der Waals surface area contributed by atoms with Gasteiger partial charge in [-0.2, -0.15) is 10.2 Å². The number of carbonyl (C=O) groups excluding carboxylic acids is 1. The third kappa shape index (κ3) is 3.01. The molecule has 4 heterocycles. The highest BCUT2D eigenvalue weighted by Gasteiger charge is 2.20. The zero-order valence-electron chi connectivity index (χ0n) is 15.0. The van der Waals surface area contributed by atoms with E-state index in [1.54, 1.807) is 29.9 Å². The topological polar surface area (TPSA) is 97.3 Å². The third-order valence-electron chi connectivity index (χ3n) is 4.23. The van der Waals surface area contributed by atoms with Crippen LogP contribution in [0.15, 0.2) is 48.8 Å². The molecule has 9 heteroatoms. The molecule has 0 unspecified atom stereocenters. The first-order valence-electron chi connectivity index (χ1n) is 8.66. The summed E-state index contributed by atoms with van der Waals surface area (Å²) in [5.74, 6) is -0.758. The number of aromatic nitrogens is 5. The third-order valence-corrected chi connectivity index (χ3v) is 4.23. The summed E-state index contributed by atoms with van der Waals surface area (Å²) in [6.45, 7) is 1.69. The van der Waals surface area contributed by atoms with E-state index in [2.05, 4.69) is 20.5 Å². The number of nitrogens with one attached hydrogen (secondary N) is 1. The van der Waals surface area contributed by atoms with Crippen LogP contribution in [-0.4, -0.2) is 42.0 Å². The highest BCUT2D eigenvalue weighted by molar-refractivity contribution is 6.04. The molecule has 0 aliphatic heterocycles. The molecule has 0 aromatic carbocycles. The average Bonchev–Trinajstić information content (AvgIpc) is 3.24. The van der Waals surface area contributed by atoms with Crippen LogP contribution in [0.25, 0.3) is 27.8 Å². The number of allylic oxidation sites excluding steroid dienone is 1. The summed E-state index contributed by atoms with van der Waals surface area (Å²) >= 11 is 0. The molecule has 0 saturated heterocycles. The summed E-state index contributed by atoms with van der Waals surface area (Å²) in [7, 11) is 0. The Balaban J connectivity index is 1.89. The van der Waals surface area contributed by atoms with Gasteiger partial charge in [-0.25, -0.2) is 18.6 Å². The summed E-state index contributed by atoms with van der Waals surface area (Å²) in [5, 5.41) is 20.8. The van der Waals surface area contributed by atoms with E-state index in [9.17, 15) is 14.3 Å². The number of fused-ring (bicyclic) bond motifs is 2. The maximum absolute atomic E-state index is 15.0. The zero-order chi connectivity index (χ0) is 19.7. The molecule has 0 aliphatic carbocycles. The fraction of sp³-hybridized carbons (Fsp3) is 0.158. The van der Waals surface area contributed by atoms with Crippen molar-refractivity contribution in [1.29, 1.82) is 0 Å². The van der Waals surface area contributed by atoms with Gasteiger partial charge in [0.1, 0.15) is 5.69 Å². The van der Waals surface area contributed by atoms with E-state index >= 15 is 0 Å². The summed E-state index contributed by atoms with van der Waals surface area (Å²) < 4.78 is 18.0. The fourth-order valence-corrected chi connectivity index (χ4v) is 3.03. The van der Waals surface area contributed by atoms with Crippen LogP contribution in [0.4, 0.5) is 10.2 Å². The van der Waals surface area contributed by atoms with E-state index in [0.717, 1.165) is 0 Å². The quantitative estimate of drug-likeness (QED) is 0.518.